The lowest BCUT2D eigenvalue weighted by molar-refractivity contribution is 0.565. The highest BCUT2D eigenvalue weighted by atomic mass is 35.5. The van der Waals surface area contributed by atoms with Crippen LogP contribution in [0, 0.1) is 0 Å². The minimum absolute atomic E-state index is 0. The van der Waals surface area contributed by atoms with Crippen LogP contribution in [0.4, 0.5) is 0 Å². The van der Waals surface area contributed by atoms with E-state index < -0.39 is 5.66 Å². The summed E-state index contributed by atoms with van der Waals surface area (Å²) in [5.74, 6) is 0. The van der Waals surface area contributed by atoms with Crippen LogP contribution in [0.25, 0.3) is 5.57 Å². The number of benzene rings is 1. The molecule has 1 aromatic rings. The van der Waals surface area contributed by atoms with Gasteiger partial charge in [-0.25, -0.2) is 0 Å². The molecular formula is C13H17ClN2. The second-order valence-corrected chi connectivity index (χ2v) is 4.19. The number of rotatable bonds is 1. The molecule has 0 saturated carbocycles. The van der Waals surface area contributed by atoms with Gasteiger partial charge in [0.05, 0.1) is 5.38 Å². The average Bonchev–Trinajstić information content (AvgIpc) is 2.23. The number of hydrogen-bond acceptors (Lipinski definition) is 2. The first kappa shape index (κ1) is 13.0. The molecule has 0 saturated heterocycles. The van der Waals surface area contributed by atoms with E-state index in [1.54, 1.807) is 6.08 Å². The summed E-state index contributed by atoms with van der Waals surface area (Å²) in [6.45, 7) is 0. The summed E-state index contributed by atoms with van der Waals surface area (Å²) in [4.78, 5) is 0. The molecule has 1 aromatic carbocycles. The third kappa shape index (κ3) is 2.53. The molecule has 2 rings (SSSR count). The van der Waals surface area contributed by atoms with Gasteiger partial charge in [-0.3, -0.25) is 0 Å². The number of allylic oxidation sites excluding steroid dienone is 2. The van der Waals surface area contributed by atoms with Gasteiger partial charge in [0.15, 0.2) is 0 Å². The van der Waals surface area contributed by atoms with Crippen molar-refractivity contribution in [3.63, 3.8) is 0 Å². The lowest BCUT2D eigenvalue weighted by Gasteiger charge is -2.28. The van der Waals surface area contributed by atoms with Crippen molar-refractivity contribution in [2.24, 2.45) is 11.5 Å². The molecule has 2 nitrogen and oxygen atoms in total. The van der Waals surface area contributed by atoms with Crippen molar-refractivity contribution in [1.29, 1.82) is 0 Å². The van der Waals surface area contributed by atoms with Gasteiger partial charge in [-0.05, 0) is 17.2 Å². The van der Waals surface area contributed by atoms with E-state index in [0.29, 0.717) is 0 Å². The molecule has 0 fully saturated rings. The van der Waals surface area contributed by atoms with Crippen molar-refractivity contribution < 1.29 is 0 Å². The SMILES string of the molecule is C.NC1(N)C=CC(c2ccccc2)=CC1Cl. The Morgan fingerprint density at radius 3 is 2.31 bits per heavy atom. The molecule has 0 spiro atoms. The average molecular weight is 237 g/mol. The minimum Gasteiger partial charge on any atom is -0.309 e. The summed E-state index contributed by atoms with van der Waals surface area (Å²) in [5, 5.41) is -0.377. The topological polar surface area (TPSA) is 52.0 Å². The van der Waals surface area contributed by atoms with Crippen molar-refractivity contribution in [3.8, 4) is 0 Å². The van der Waals surface area contributed by atoms with Crippen molar-refractivity contribution >= 4 is 17.2 Å². The largest absolute Gasteiger partial charge is 0.309 e. The Kier molecular flexibility index (Phi) is 3.92. The molecule has 0 amide bonds. The Balaban J connectivity index is 0.00000128. The monoisotopic (exact) mass is 236 g/mol. The summed E-state index contributed by atoms with van der Waals surface area (Å²) in [6, 6.07) is 10.0. The van der Waals surface area contributed by atoms with Gasteiger partial charge in [-0.15, -0.1) is 11.6 Å². The van der Waals surface area contributed by atoms with Gasteiger partial charge in [0, 0.05) is 0 Å². The molecule has 16 heavy (non-hydrogen) atoms. The zero-order valence-corrected chi connectivity index (χ0v) is 8.98. The van der Waals surface area contributed by atoms with E-state index in [-0.39, 0.29) is 12.8 Å². The summed E-state index contributed by atoms with van der Waals surface area (Å²) in [7, 11) is 0. The van der Waals surface area contributed by atoms with Gasteiger partial charge in [0.2, 0.25) is 0 Å². The maximum absolute atomic E-state index is 6.08. The van der Waals surface area contributed by atoms with E-state index in [2.05, 4.69) is 0 Å². The van der Waals surface area contributed by atoms with Crippen LogP contribution in [0.15, 0.2) is 48.6 Å². The molecular weight excluding hydrogens is 220 g/mol. The predicted molar refractivity (Wildman–Crippen MR) is 71.0 cm³/mol. The van der Waals surface area contributed by atoms with E-state index in [9.17, 15) is 0 Å². The van der Waals surface area contributed by atoms with Gasteiger partial charge in [0.1, 0.15) is 5.66 Å². The molecule has 1 unspecified atom stereocenters. The first-order valence-electron chi connectivity index (χ1n) is 4.78. The maximum Gasteiger partial charge on any atom is 0.104 e. The number of halogens is 1. The lowest BCUT2D eigenvalue weighted by atomic mass is 9.94. The normalized spacial score (nSPS) is 22.2. The fourth-order valence-corrected chi connectivity index (χ4v) is 1.72. The van der Waals surface area contributed by atoms with E-state index in [1.165, 1.54) is 0 Å². The quantitative estimate of drug-likeness (QED) is 0.582. The number of hydrogen-bond donors (Lipinski definition) is 2. The third-order valence-electron chi connectivity index (χ3n) is 2.46. The van der Waals surface area contributed by atoms with E-state index in [1.807, 2.05) is 42.5 Å². The minimum atomic E-state index is -0.945. The second kappa shape index (κ2) is 4.83. The van der Waals surface area contributed by atoms with Gasteiger partial charge < -0.3 is 11.5 Å². The highest BCUT2D eigenvalue weighted by Gasteiger charge is 2.27. The second-order valence-electron chi connectivity index (χ2n) is 3.72. The first-order chi connectivity index (χ1) is 7.09. The van der Waals surface area contributed by atoms with Crippen LogP contribution in [0.1, 0.15) is 13.0 Å². The molecule has 1 atom stereocenters. The van der Waals surface area contributed by atoms with Crippen LogP contribution in [-0.4, -0.2) is 11.0 Å². The van der Waals surface area contributed by atoms with Crippen LogP contribution in [0.2, 0.25) is 0 Å². The lowest BCUT2D eigenvalue weighted by Crippen LogP contribution is -2.55. The van der Waals surface area contributed by atoms with Crippen LogP contribution >= 0.6 is 11.6 Å². The molecule has 3 heteroatoms. The van der Waals surface area contributed by atoms with Crippen molar-refractivity contribution in [3.05, 3.63) is 54.1 Å². The van der Waals surface area contributed by atoms with Gasteiger partial charge in [-0.2, -0.15) is 0 Å². The standard InChI is InChI=1S/C12H13ClN2.CH4/c13-11-8-10(6-7-12(11,14)15)9-4-2-1-3-5-9;/h1-8,11H,14-15H2;1H4. The third-order valence-corrected chi connectivity index (χ3v) is 2.97. The van der Waals surface area contributed by atoms with Crippen LogP contribution in [0.3, 0.4) is 0 Å². The molecule has 0 heterocycles. The molecule has 86 valence electrons. The summed E-state index contributed by atoms with van der Waals surface area (Å²) in [6.07, 6.45) is 5.54. The van der Waals surface area contributed by atoms with Crippen molar-refractivity contribution in [2.45, 2.75) is 18.5 Å². The summed E-state index contributed by atoms with van der Waals surface area (Å²) < 4.78 is 0. The molecule has 1 aliphatic carbocycles. The van der Waals surface area contributed by atoms with E-state index >= 15 is 0 Å². The van der Waals surface area contributed by atoms with E-state index in [0.717, 1.165) is 11.1 Å². The molecule has 0 bridgehead atoms. The molecule has 0 aromatic heterocycles. The van der Waals surface area contributed by atoms with Gasteiger partial charge >= 0.3 is 0 Å². The fraction of sp³-hybridized carbons (Fsp3) is 0.231. The predicted octanol–water partition coefficient (Wildman–Crippen LogP) is 2.50. The summed E-state index contributed by atoms with van der Waals surface area (Å²) >= 11 is 6.08. The molecule has 0 radical (unpaired) electrons. The first-order valence-corrected chi connectivity index (χ1v) is 5.21. The Morgan fingerprint density at radius 2 is 1.75 bits per heavy atom. The molecule has 1 aliphatic rings. The van der Waals surface area contributed by atoms with Crippen molar-refractivity contribution in [1.82, 2.24) is 0 Å². The zero-order chi connectivity index (χ0) is 10.9. The Morgan fingerprint density at radius 1 is 1.12 bits per heavy atom. The highest BCUT2D eigenvalue weighted by molar-refractivity contribution is 6.23. The van der Waals surface area contributed by atoms with Crippen LogP contribution < -0.4 is 11.5 Å². The Bertz CT molecular complexity index is 407. The van der Waals surface area contributed by atoms with Crippen LogP contribution in [-0.2, 0) is 0 Å². The Hall–Kier alpha value is -1.09. The van der Waals surface area contributed by atoms with Gasteiger partial charge in [0.25, 0.3) is 0 Å². The van der Waals surface area contributed by atoms with Crippen LogP contribution in [0.5, 0.6) is 0 Å². The fourth-order valence-electron chi connectivity index (χ4n) is 1.51. The highest BCUT2D eigenvalue weighted by Crippen LogP contribution is 2.26. The molecule has 4 N–H and O–H groups in total. The van der Waals surface area contributed by atoms with E-state index in [4.69, 9.17) is 23.1 Å². The zero-order valence-electron chi connectivity index (χ0n) is 8.23. The Labute approximate surface area is 102 Å². The smallest absolute Gasteiger partial charge is 0.104 e. The number of alkyl halides is 1. The molecule has 0 aliphatic heterocycles. The maximum atomic E-state index is 6.08. The number of nitrogens with two attached hydrogens (primary N) is 2. The van der Waals surface area contributed by atoms with Gasteiger partial charge in [-0.1, -0.05) is 49.9 Å². The van der Waals surface area contributed by atoms with Crippen molar-refractivity contribution in [2.75, 3.05) is 0 Å². The summed E-state index contributed by atoms with van der Waals surface area (Å²) in [5.41, 5.74) is 12.8.